The number of para-hydroxylation sites is 1. The number of nitrogens with one attached hydrogen (secondary N) is 1. The minimum Gasteiger partial charge on any atom is -0.444 e. The third-order valence-electron chi connectivity index (χ3n) is 1.80. The SMILES string of the molecule is CC(C)(C)OC(=O)Nc1cccc(Br)c1[N+](=O)[O-]. The first-order valence-corrected chi connectivity index (χ1v) is 5.93. The summed E-state index contributed by atoms with van der Waals surface area (Å²) < 4.78 is 5.32. The molecule has 0 heterocycles. The molecule has 0 atom stereocenters. The van der Waals surface area contributed by atoms with E-state index in [1.807, 2.05) is 0 Å². The van der Waals surface area contributed by atoms with E-state index in [9.17, 15) is 14.9 Å². The molecule has 0 fully saturated rings. The van der Waals surface area contributed by atoms with Gasteiger partial charge in [-0.25, -0.2) is 4.79 Å². The van der Waals surface area contributed by atoms with Crippen LogP contribution in [0, 0.1) is 10.1 Å². The number of nitro groups is 1. The number of nitro benzene ring substituents is 1. The van der Waals surface area contributed by atoms with E-state index in [0.717, 1.165) is 0 Å². The standard InChI is InChI=1S/C11H13BrN2O4/c1-11(2,3)18-10(15)13-8-6-4-5-7(12)9(8)14(16)17/h4-6H,1-3H3,(H,13,15). The number of ether oxygens (including phenoxy) is 1. The first kappa shape index (κ1) is 14.4. The number of rotatable bonds is 2. The maximum atomic E-state index is 11.5. The fourth-order valence-electron chi connectivity index (χ4n) is 1.22. The first-order valence-electron chi connectivity index (χ1n) is 5.13. The van der Waals surface area contributed by atoms with Gasteiger partial charge in [-0.1, -0.05) is 6.07 Å². The second-order valence-corrected chi connectivity index (χ2v) is 5.37. The molecule has 1 N–H and O–H groups in total. The van der Waals surface area contributed by atoms with E-state index in [2.05, 4.69) is 21.2 Å². The molecule has 1 rings (SSSR count). The Labute approximate surface area is 113 Å². The molecule has 1 aromatic rings. The van der Waals surface area contributed by atoms with Gasteiger partial charge in [0.05, 0.1) is 9.40 Å². The fraction of sp³-hybridized carbons (Fsp3) is 0.364. The third kappa shape index (κ3) is 3.99. The number of carbonyl (C=O) groups is 1. The Kier molecular flexibility index (Phi) is 4.28. The summed E-state index contributed by atoms with van der Waals surface area (Å²) in [6.45, 7) is 5.13. The highest BCUT2D eigenvalue weighted by Crippen LogP contribution is 2.32. The van der Waals surface area contributed by atoms with Gasteiger partial charge in [0.1, 0.15) is 11.3 Å². The Morgan fingerprint density at radius 3 is 2.56 bits per heavy atom. The van der Waals surface area contributed by atoms with Crippen molar-refractivity contribution in [1.82, 2.24) is 0 Å². The molecule has 98 valence electrons. The average Bonchev–Trinajstić information content (AvgIpc) is 2.13. The van der Waals surface area contributed by atoms with Gasteiger partial charge in [0.15, 0.2) is 0 Å². The third-order valence-corrected chi connectivity index (χ3v) is 2.44. The zero-order chi connectivity index (χ0) is 13.9. The van der Waals surface area contributed by atoms with Crippen LogP contribution in [0.4, 0.5) is 16.2 Å². The number of nitrogens with zero attached hydrogens (tertiary/aromatic N) is 1. The van der Waals surface area contributed by atoms with Crippen molar-refractivity contribution >= 4 is 33.4 Å². The molecular weight excluding hydrogens is 304 g/mol. The molecule has 18 heavy (non-hydrogen) atoms. The van der Waals surface area contributed by atoms with Gasteiger partial charge in [-0.15, -0.1) is 0 Å². The van der Waals surface area contributed by atoms with Crippen molar-refractivity contribution in [2.24, 2.45) is 0 Å². The van der Waals surface area contributed by atoms with Gasteiger partial charge in [0.25, 0.3) is 0 Å². The van der Waals surface area contributed by atoms with Crippen LogP contribution in [0.3, 0.4) is 0 Å². The van der Waals surface area contributed by atoms with Crippen LogP contribution in [0.1, 0.15) is 20.8 Å². The van der Waals surface area contributed by atoms with Crippen molar-refractivity contribution in [2.45, 2.75) is 26.4 Å². The van der Waals surface area contributed by atoms with E-state index in [-0.39, 0.29) is 11.4 Å². The number of carbonyl (C=O) groups excluding carboxylic acids is 1. The van der Waals surface area contributed by atoms with Crippen molar-refractivity contribution in [3.63, 3.8) is 0 Å². The van der Waals surface area contributed by atoms with Crippen LogP contribution >= 0.6 is 15.9 Å². The predicted molar refractivity (Wildman–Crippen MR) is 70.7 cm³/mol. The number of hydrogen-bond donors (Lipinski definition) is 1. The molecule has 0 aliphatic rings. The summed E-state index contributed by atoms with van der Waals surface area (Å²) in [6, 6.07) is 4.55. The molecule has 1 amide bonds. The number of hydrogen-bond acceptors (Lipinski definition) is 4. The Hall–Kier alpha value is -1.63. The van der Waals surface area contributed by atoms with Crippen LogP contribution in [-0.2, 0) is 4.74 Å². The highest BCUT2D eigenvalue weighted by molar-refractivity contribution is 9.10. The minimum atomic E-state index is -0.733. The monoisotopic (exact) mass is 316 g/mol. The molecular formula is C11H13BrN2O4. The lowest BCUT2D eigenvalue weighted by atomic mass is 10.2. The van der Waals surface area contributed by atoms with E-state index in [1.54, 1.807) is 26.8 Å². The molecule has 6 nitrogen and oxygen atoms in total. The average molecular weight is 317 g/mol. The fourth-order valence-corrected chi connectivity index (χ4v) is 1.73. The number of amides is 1. The number of benzene rings is 1. The second kappa shape index (κ2) is 5.34. The lowest BCUT2D eigenvalue weighted by Gasteiger charge is -2.19. The van der Waals surface area contributed by atoms with Crippen molar-refractivity contribution in [2.75, 3.05) is 5.32 Å². The van der Waals surface area contributed by atoms with Crippen LogP contribution in [-0.4, -0.2) is 16.6 Å². The van der Waals surface area contributed by atoms with Gasteiger partial charge in [0.2, 0.25) is 0 Å². The smallest absolute Gasteiger partial charge is 0.412 e. The van der Waals surface area contributed by atoms with Crippen LogP contribution < -0.4 is 5.32 Å². The van der Waals surface area contributed by atoms with Gasteiger partial charge in [-0.05, 0) is 48.8 Å². The van der Waals surface area contributed by atoms with Crippen molar-refractivity contribution in [3.05, 3.63) is 32.8 Å². The van der Waals surface area contributed by atoms with Crippen molar-refractivity contribution in [1.29, 1.82) is 0 Å². The molecule has 1 aromatic carbocycles. The molecule has 0 bridgehead atoms. The van der Waals surface area contributed by atoms with Gasteiger partial charge in [0, 0.05) is 0 Å². The molecule has 0 aliphatic carbocycles. The van der Waals surface area contributed by atoms with E-state index in [0.29, 0.717) is 4.47 Å². The number of halogens is 1. The Balaban J connectivity index is 2.95. The van der Waals surface area contributed by atoms with Crippen molar-refractivity contribution in [3.8, 4) is 0 Å². The molecule has 0 saturated heterocycles. The quantitative estimate of drug-likeness (QED) is 0.666. The maximum absolute atomic E-state index is 11.5. The largest absolute Gasteiger partial charge is 0.444 e. The summed E-state index contributed by atoms with van der Waals surface area (Å²) in [4.78, 5) is 21.9. The van der Waals surface area contributed by atoms with Crippen molar-refractivity contribution < 1.29 is 14.5 Å². The summed E-state index contributed by atoms with van der Waals surface area (Å²) in [5.41, 5.74) is -0.780. The minimum absolute atomic E-state index is 0.0867. The van der Waals surface area contributed by atoms with Crippen LogP contribution in [0.2, 0.25) is 0 Å². The highest BCUT2D eigenvalue weighted by Gasteiger charge is 2.22. The highest BCUT2D eigenvalue weighted by atomic mass is 79.9. The predicted octanol–water partition coefficient (Wildman–Crippen LogP) is 3.70. The lowest BCUT2D eigenvalue weighted by molar-refractivity contribution is -0.384. The van der Waals surface area contributed by atoms with Crippen LogP contribution in [0.5, 0.6) is 0 Å². The molecule has 0 saturated carbocycles. The van der Waals surface area contributed by atoms with Gasteiger partial charge in [-0.2, -0.15) is 0 Å². The van der Waals surface area contributed by atoms with Gasteiger partial charge in [-0.3, -0.25) is 15.4 Å². The van der Waals surface area contributed by atoms with E-state index >= 15 is 0 Å². The molecule has 0 radical (unpaired) electrons. The van der Waals surface area contributed by atoms with Gasteiger partial charge < -0.3 is 4.74 Å². The lowest BCUT2D eigenvalue weighted by Crippen LogP contribution is -2.27. The Bertz CT molecular complexity index is 482. The topological polar surface area (TPSA) is 81.5 Å². The van der Waals surface area contributed by atoms with E-state index in [1.165, 1.54) is 12.1 Å². The normalized spacial score (nSPS) is 10.9. The van der Waals surface area contributed by atoms with Crippen LogP contribution in [0.25, 0.3) is 0 Å². The molecule has 0 unspecified atom stereocenters. The Morgan fingerprint density at radius 1 is 1.44 bits per heavy atom. The van der Waals surface area contributed by atoms with E-state index < -0.39 is 16.6 Å². The molecule has 0 aliphatic heterocycles. The van der Waals surface area contributed by atoms with Crippen LogP contribution in [0.15, 0.2) is 22.7 Å². The number of anilines is 1. The summed E-state index contributed by atoms with van der Waals surface area (Å²) in [7, 11) is 0. The summed E-state index contributed by atoms with van der Waals surface area (Å²) in [5, 5.41) is 13.2. The first-order chi connectivity index (χ1) is 8.20. The Morgan fingerprint density at radius 2 is 2.06 bits per heavy atom. The zero-order valence-electron chi connectivity index (χ0n) is 10.2. The summed E-state index contributed by atoms with van der Waals surface area (Å²) in [5.74, 6) is 0. The van der Waals surface area contributed by atoms with E-state index in [4.69, 9.17) is 4.74 Å². The molecule has 0 aromatic heterocycles. The summed E-state index contributed by atoms with van der Waals surface area (Å²) in [6.07, 6.45) is -0.733. The molecule has 0 spiro atoms. The summed E-state index contributed by atoms with van der Waals surface area (Å²) >= 11 is 3.07. The zero-order valence-corrected chi connectivity index (χ0v) is 11.8. The second-order valence-electron chi connectivity index (χ2n) is 4.52. The molecule has 7 heteroatoms. The van der Waals surface area contributed by atoms with Gasteiger partial charge >= 0.3 is 11.8 Å². The maximum Gasteiger partial charge on any atom is 0.412 e.